The standard InChI is InChI=1S/C27H27Cl3F6N2O2/c1-14(37-22(39)9-10-25(2,3)4)38-24(40)17-7-5-15(11-19(17)27(34,35)36)6-8-18(26(31,32)33)16-12-20(28)23(30)21(29)13-16/h5-8,11-14,18H,9-10H2,1-4H3,(H,37,39)(H,38,40)/b8-6+/t14-,18?/m1/s1. The van der Waals surface area contributed by atoms with Gasteiger partial charge in [-0.15, -0.1) is 0 Å². The highest BCUT2D eigenvalue weighted by molar-refractivity contribution is 6.48. The summed E-state index contributed by atoms with van der Waals surface area (Å²) in [5.74, 6) is -3.77. The topological polar surface area (TPSA) is 58.2 Å². The Morgan fingerprint density at radius 3 is 2.00 bits per heavy atom. The van der Waals surface area contributed by atoms with Gasteiger partial charge in [-0.25, -0.2) is 0 Å². The van der Waals surface area contributed by atoms with Crippen molar-refractivity contribution in [3.05, 3.63) is 73.7 Å². The van der Waals surface area contributed by atoms with Crippen molar-refractivity contribution in [1.82, 2.24) is 10.6 Å². The first-order valence-corrected chi connectivity index (χ1v) is 13.0. The Labute approximate surface area is 243 Å². The first-order chi connectivity index (χ1) is 18.2. The molecule has 0 aliphatic rings. The molecule has 0 saturated heterocycles. The van der Waals surface area contributed by atoms with E-state index in [1.807, 2.05) is 20.8 Å². The Kier molecular flexibility index (Phi) is 11.0. The van der Waals surface area contributed by atoms with E-state index in [2.05, 4.69) is 10.6 Å². The number of hydrogen-bond donors (Lipinski definition) is 2. The van der Waals surface area contributed by atoms with E-state index in [1.54, 1.807) is 0 Å². The van der Waals surface area contributed by atoms with Gasteiger partial charge in [0.25, 0.3) is 5.91 Å². The number of carbonyl (C=O) groups is 2. The lowest BCUT2D eigenvalue weighted by atomic mass is 9.90. The molecule has 0 saturated carbocycles. The Bertz CT molecular complexity index is 1250. The molecular formula is C27H27Cl3F6N2O2. The van der Waals surface area contributed by atoms with Gasteiger partial charge in [0, 0.05) is 6.42 Å². The van der Waals surface area contributed by atoms with Gasteiger partial charge in [0.1, 0.15) is 0 Å². The van der Waals surface area contributed by atoms with Crippen LogP contribution in [0.15, 0.2) is 36.4 Å². The lowest BCUT2D eigenvalue weighted by Crippen LogP contribution is -2.46. The number of rotatable bonds is 8. The van der Waals surface area contributed by atoms with Gasteiger partial charge in [-0.3, -0.25) is 9.59 Å². The third-order valence-corrected chi connectivity index (χ3v) is 6.82. The third kappa shape index (κ3) is 9.89. The number of allylic oxidation sites excluding steroid dienone is 1. The highest BCUT2D eigenvalue weighted by Gasteiger charge is 2.40. The lowest BCUT2D eigenvalue weighted by molar-refractivity contribution is -0.139. The maximum absolute atomic E-state index is 13.8. The van der Waals surface area contributed by atoms with Crippen LogP contribution in [-0.2, 0) is 11.0 Å². The van der Waals surface area contributed by atoms with Crippen LogP contribution in [-0.4, -0.2) is 24.2 Å². The smallest absolute Gasteiger partial charge is 0.336 e. The summed E-state index contributed by atoms with van der Waals surface area (Å²) in [4.78, 5) is 24.7. The molecule has 4 nitrogen and oxygen atoms in total. The van der Waals surface area contributed by atoms with Crippen LogP contribution in [0.3, 0.4) is 0 Å². The van der Waals surface area contributed by atoms with Gasteiger partial charge in [-0.2, -0.15) is 26.3 Å². The summed E-state index contributed by atoms with van der Waals surface area (Å²) in [6.45, 7) is 7.21. The van der Waals surface area contributed by atoms with Crippen molar-refractivity contribution >= 4 is 52.7 Å². The van der Waals surface area contributed by atoms with Crippen LogP contribution in [0.2, 0.25) is 15.1 Å². The van der Waals surface area contributed by atoms with Crippen molar-refractivity contribution in [3.63, 3.8) is 0 Å². The molecule has 2 atom stereocenters. The van der Waals surface area contributed by atoms with Crippen molar-refractivity contribution in [2.24, 2.45) is 5.41 Å². The van der Waals surface area contributed by atoms with Crippen molar-refractivity contribution in [3.8, 4) is 0 Å². The number of nitrogens with one attached hydrogen (secondary N) is 2. The fourth-order valence-corrected chi connectivity index (χ4v) is 4.19. The summed E-state index contributed by atoms with van der Waals surface area (Å²) in [6, 6.07) is 4.42. The molecule has 0 spiro atoms. The maximum Gasteiger partial charge on any atom is 0.417 e. The summed E-state index contributed by atoms with van der Waals surface area (Å²) in [6.07, 6.45) is -8.60. The zero-order valence-corrected chi connectivity index (χ0v) is 24.1. The van der Waals surface area contributed by atoms with Crippen LogP contribution in [0.5, 0.6) is 0 Å². The highest BCUT2D eigenvalue weighted by Crippen LogP contribution is 2.41. The Balaban J connectivity index is 2.31. The minimum Gasteiger partial charge on any atom is -0.336 e. The normalized spacial score (nSPS) is 14.2. The third-order valence-electron chi connectivity index (χ3n) is 5.62. The largest absolute Gasteiger partial charge is 0.417 e. The van der Waals surface area contributed by atoms with Crippen molar-refractivity contribution in [1.29, 1.82) is 0 Å². The molecule has 0 bridgehead atoms. The number of halogens is 9. The minimum atomic E-state index is -5.00. The molecule has 0 heterocycles. The number of amides is 2. The quantitative estimate of drug-likeness (QED) is 0.174. The van der Waals surface area contributed by atoms with Gasteiger partial charge in [-0.1, -0.05) is 73.8 Å². The first-order valence-electron chi connectivity index (χ1n) is 11.9. The van der Waals surface area contributed by atoms with E-state index in [9.17, 15) is 35.9 Å². The van der Waals surface area contributed by atoms with Gasteiger partial charge in [0.15, 0.2) is 0 Å². The molecule has 220 valence electrons. The molecule has 2 aromatic rings. The van der Waals surface area contributed by atoms with Crippen LogP contribution >= 0.6 is 34.8 Å². The molecule has 0 fully saturated rings. The second kappa shape index (κ2) is 13.0. The van der Waals surface area contributed by atoms with Crippen LogP contribution in [0.25, 0.3) is 6.08 Å². The molecule has 0 radical (unpaired) electrons. The molecular weight excluding hydrogens is 605 g/mol. The number of carbonyl (C=O) groups excluding carboxylic acids is 2. The van der Waals surface area contributed by atoms with Gasteiger partial charge in [0.2, 0.25) is 5.91 Å². The Hall–Kier alpha value is -2.43. The van der Waals surface area contributed by atoms with Crippen LogP contribution < -0.4 is 10.6 Å². The van der Waals surface area contributed by atoms with Gasteiger partial charge < -0.3 is 10.6 Å². The first kappa shape index (κ1) is 33.8. The van der Waals surface area contributed by atoms with Crippen LogP contribution in [0.1, 0.15) is 73.5 Å². The molecule has 13 heteroatoms. The Morgan fingerprint density at radius 2 is 1.50 bits per heavy atom. The maximum atomic E-state index is 13.8. The summed E-state index contributed by atoms with van der Waals surface area (Å²) in [7, 11) is 0. The van der Waals surface area contributed by atoms with Gasteiger partial charge in [-0.05, 0) is 54.2 Å². The SMILES string of the molecule is C[C@H](NC(=O)CCC(C)(C)C)NC(=O)c1ccc(/C=C/C(c2cc(Cl)c(Cl)c(Cl)c2)C(F)(F)F)cc1C(F)(F)F. The molecule has 2 amide bonds. The number of hydrogen-bond acceptors (Lipinski definition) is 2. The molecule has 2 N–H and O–H groups in total. The second-order valence-electron chi connectivity index (χ2n) is 10.3. The molecule has 2 aromatic carbocycles. The van der Waals surface area contributed by atoms with Crippen molar-refractivity contribution in [2.75, 3.05) is 0 Å². The highest BCUT2D eigenvalue weighted by atomic mass is 35.5. The monoisotopic (exact) mass is 630 g/mol. The van der Waals surface area contributed by atoms with E-state index in [0.29, 0.717) is 18.6 Å². The fourth-order valence-electron chi connectivity index (χ4n) is 3.58. The predicted octanol–water partition coefficient (Wildman–Crippen LogP) is 9.04. The van der Waals surface area contributed by atoms with E-state index in [4.69, 9.17) is 34.8 Å². The van der Waals surface area contributed by atoms with E-state index in [-0.39, 0.29) is 43.9 Å². The summed E-state index contributed by atoms with van der Waals surface area (Å²) >= 11 is 17.5. The average molecular weight is 632 g/mol. The van der Waals surface area contributed by atoms with Crippen LogP contribution in [0, 0.1) is 5.41 Å². The minimum absolute atomic E-state index is 0.114. The van der Waals surface area contributed by atoms with E-state index in [1.165, 1.54) is 6.92 Å². The predicted molar refractivity (Wildman–Crippen MR) is 145 cm³/mol. The van der Waals surface area contributed by atoms with Gasteiger partial charge >= 0.3 is 12.4 Å². The summed E-state index contributed by atoms with van der Waals surface area (Å²) in [5, 5.41) is 4.21. The fraction of sp³-hybridized carbons (Fsp3) is 0.407. The molecule has 2 rings (SSSR count). The van der Waals surface area contributed by atoms with E-state index >= 15 is 0 Å². The second-order valence-corrected chi connectivity index (χ2v) is 11.5. The summed E-state index contributed by atoms with van der Waals surface area (Å²) < 4.78 is 82.9. The van der Waals surface area contributed by atoms with Gasteiger partial charge in [0.05, 0.1) is 38.3 Å². The number of benzene rings is 2. The molecule has 1 unspecified atom stereocenters. The van der Waals surface area contributed by atoms with Crippen LogP contribution in [0.4, 0.5) is 26.3 Å². The molecule has 40 heavy (non-hydrogen) atoms. The van der Waals surface area contributed by atoms with E-state index < -0.39 is 41.5 Å². The molecule has 0 aromatic heterocycles. The lowest BCUT2D eigenvalue weighted by Gasteiger charge is -2.21. The molecule has 0 aliphatic carbocycles. The Morgan fingerprint density at radius 1 is 0.925 bits per heavy atom. The number of alkyl halides is 6. The summed E-state index contributed by atoms with van der Waals surface area (Å²) in [5.41, 5.74) is -2.85. The zero-order chi connectivity index (χ0) is 30.6. The van der Waals surface area contributed by atoms with E-state index in [0.717, 1.165) is 30.3 Å². The zero-order valence-electron chi connectivity index (χ0n) is 21.8. The van der Waals surface area contributed by atoms with Crippen molar-refractivity contribution in [2.45, 2.75) is 65.0 Å². The average Bonchev–Trinajstić information content (AvgIpc) is 2.79. The molecule has 0 aliphatic heterocycles. The van der Waals surface area contributed by atoms with Crippen molar-refractivity contribution < 1.29 is 35.9 Å².